The number of nitrogens with zero attached hydrogens (tertiary/aromatic N) is 7. The molecule has 9 nitrogen and oxygen atoms in total. The summed E-state index contributed by atoms with van der Waals surface area (Å²) >= 11 is 1.44. The van der Waals surface area contributed by atoms with Gasteiger partial charge < -0.3 is 16.0 Å². The van der Waals surface area contributed by atoms with Crippen molar-refractivity contribution in [1.29, 1.82) is 0 Å². The number of aromatic nitrogens is 4. The first-order valence-corrected chi connectivity index (χ1v) is 10.2. The molecule has 3 N–H and O–H groups in total. The van der Waals surface area contributed by atoms with Gasteiger partial charge in [0, 0.05) is 56.5 Å². The van der Waals surface area contributed by atoms with Gasteiger partial charge in [-0.2, -0.15) is 19.1 Å². The molecule has 28 heavy (non-hydrogen) atoms. The molecule has 5 rings (SSSR count). The number of nitrogens with two attached hydrogens (primary N) is 1. The van der Waals surface area contributed by atoms with Crippen molar-refractivity contribution in [1.82, 2.24) is 24.0 Å². The standard InChI is InChI=1S/C18H23N9S/c1-11-5-17(28-24-11)22-16-6-15(26-4-3-13(19)10-26)23-18-14(8-21-27(16)18)12-7-20-25(2)9-12/h5-8,12-13,22H,3-4,9-10,19H2,1-2H3/t12?,13-/m0/s1. The predicted molar refractivity (Wildman–Crippen MR) is 112 cm³/mol. The minimum absolute atomic E-state index is 0.185. The molecule has 2 atom stereocenters. The van der Waals surface area contributed by atoms with Crippen molar-refractivity contribution in [2.24, 2.45) is 10.8 Å². The molecule has 0 aromatic carbocycles. The number of anilines is 3. The lowest BCUT2D eigenvalue weighted by Gasteiger charge is -2.19. The highest BCUT2D eigenvalue weighted by Gasteiger charge is 2.26. The molecule has 0 amide bonds. The highest BCUT2D eigenvalue weighted by Crippen LogP contribution is 2.30. The van der Waals surface area contributed by atoms with Crippen LogP contribution in [0.15, 0.2) is 23.4 Å². The summed E-state index contributed by atoms with van der Waals surface area (Å²) in [7, 11) is 1.98. The van der Waals surface area contributed by atoms with E-state index in [0.717, 1.165) is 59.6 Å². The Bertz CT molecular complexity index is 1040. The second-order valence-electron chi connectivity index (χ2n) is 7.50. The third-order valence-corrected chi connectivity index (χ3v) is 6.01. The molecule has 5 heterocycles. The summed E-state index contributed by atoms with van der Waals surface area (Å²) in [5.41, 5.74) is 9.07. The van der Waals surface area contributed by atoms with E-state index in [0.29, 0.717) is 0 Å². The third-order valence-electron chi connectivity index (χ3n) is 5.22. The predicted octanol–water partition coefficient (Wildman–Crippen LogP) is 1.79. The van der Waals surface area contributed by atoms with E-state index >= 15 is 0 Å². The normalized spacial score (nSPS) is 22.0. The summed E-state index contributed by atoms with van der Waals surface area (Å²) in [6.45, 7) is 4.56. The highest BCUT2D eigenvalue weighted by molar-refractivity contribution is 7.10. The van der Waals surface area contributed by atoms with E-state index < -0.39 is 0 Å². The van der Waals surface area contributed by atoms with E-state index in [2.05, 4.69) is 24.8 Å². The summed E-state index contributed by atoms with van der Waals surface area (Å²) in [5, 5.41) is 15.4. The maximum absolute atomic E-state index is 6.13. The fourth-order valence-corrected chi connectivity index (χ4v) is 4.44. The van der Waals surface area contributed by atoms with Gasteiger partial charge in [0.25, 0.3) is 0 Å². The van der Waals surface area contributed by atoms with Crippen molar-refractivity contribution in [3.05, 3.63) is 29.6 Å². The van der Waals surface area contributed by atoms with E-state index in [1.165, 1.54) is 11.5 Å². The van der Waals surface area contributed by atoms with E-state index in [9.17, 15) is 0 Å². The maximum atomic E-state index is 6.13. The van der Waals surface area contributed by atoms with Gasteiger partial charge in [-0.25, -0.2) is 4.98 Å². The molecule has 10 heteroatoms. The van der Waals surface area contributed by atoms with Gasteiger partial charge in [0.05, 0.1) is 11.9 Å². The van der Waals surface area contributed by atoms with Crippen molar-refractivity contribution in [2.75, 3.05) is 36.9 Å². The van der Waals surface area contributed by atoms with E-state index in [4.69, 9.17) is 10.7 Å². The second-order valence-corrected chi connectivity index (χ2v) is 8.30. The van der Waals surface area contributed by atoms with Crippen LogP contribution in [0.5, 0.6) is 0 Å². The van der Waals surface area contributed by atoms with Crippen LogP contribution < -0.4 is 16.0 Å². The minimum atomic E-state index is 0.185. The lowest BCUT2D eigenvalue weighted by atomic mass is 10.0. The third kappa shape index (κ3) is 3.08. The van der Waals surface area contributed by atoms with Crippen molar-refractivity contribution < 1.29 is 0 Å². The van der Waals surface area contributed by atoms with Crippen molar-refractivity contribution in [3.8, 4) is 0 Å². The van der Waals surface area contributed by atoms with Crippen LogP contribution in [-0.2, 0) is 0 Å². The molecule has 146 valence electrons. The zero-order valence-corrected chi connectivity index (χ0v) is 16.7. The zero-order chi connectivity index (χ0) is 19.3. The van der Waals surface area contributed by atoms with Crippen LogP contribution in [0, 0.1) is 6.92 Å². The summed E-state index contributed by atoms with van der Waals surface area (Å²) in [4.78, 5) is 7.22. The molecule has 0 saturated carbocycles. The summed E-state index contributed by atoms with van der Waals surface area (Å²) in [5.74, 6) is 1.98. The van der Waals surface area contributed by atoms with Crippen molar-refractivity contribution >= 4 is 40.0 Å². The quantitative estimate of drug-likeness (QED) is 0.692. The first kappa shape index (κ1) is 17.4. The smallest absolute Gasteiger partial charge is 0.163 e. The van der Waals surface area contributed by atoms with E-state index in [1.54, 1.807) is 0 Å². The number of likely N-dealkylation sites (N-methyl/N-ethyl adjacent to an activating group) is 1. The molecule has 1 fully saturated rings. The molecular formula is C18H23N9S. The monoisotopic (exact) mass is 397 g/mol. The Morgan fingerprint density at radius 1 is 1.29 bits per heavy atom. The Morgan fingerprint density at radius 2 is 2.18 bits per heavy atom. The molecule has 2 aliphatic rings. The van der Waals surface area contributed by atoms with Crippen LogP contribution in [-0.4, -0.2) is 62.9 Å². The van der Waals surface area contributed by atoms with Crippen LogP contribution >= 0.6 is 11.5 Å². The average molecular weight is 398 g/mol. The highest BCUT2D eigenvalue weighted by atomic mass is 32.1. The van der Waals surface area contributed by atoms with Crippen molar-refractivity contribution in [2.45, 2.75) is 25.3 Å². The Morgan fingerprint density at radius 3 is 2.86 bits per heavy atom. The van der Waals surface area contributed by atoms with Crippen LogP contribution in [0.4, 0.5) is 16.6 Å². The van der Waals surface area contributed by atoms with Gasteiger partial charge in [0.2, 0.25) is 0 Å². The number of fused-ring (bicyclic) bond motifs is 1. The van der Waals surface area contributed by atoms with Gasteiger partial charge in [-0.15, -0.1) is 0 Å². The number of hydrazone groups is 1. The molecular weight excluding hydrogens is 374 g/mol. The van der Waals surface area contributed by atoms with Gasteiger partial charge in [-0.1, -0.05) is 0 Å². The van der Waals surface area contributed by atoms with Crippen LogP contribution in [0.1, 0.15) is 23.6 Å². The van der Waals surface area contributed by atoms with Gasteiger partial charge in [-0.3, -0.25) is 5.01 Å². The molecule has 1 unspecified atom stereocenters. The first-order chi connectivity index (χ1) is 13.6. The molecule has 0 bridgehead atoms. The lowest BCUT2D eigenvalue weighted by molar-refractivity contribution is 0.381. The number of hydrogen-bond donors (Lipinski definition) is 2. The molecule has 1 saturated heterocycles. The molecule has 0 aliphatic carbocycles. The molecule has 0 radical (unpaired) electrons. The Balaban J connectivity index is 1.60. The number of rotatable bonds is 4. The van der Waals surface area contributed by atoms with Crippen LogP contribution in [0.3, 0.4) is 0 Å². The molecule has 2 aliphatic heterocycles. The summed E-state index contributed by atoms with van der Waals surface area (Å²) in [6, 6.07) is 4.27. The van der Waals surface area contributed by atoms with Gasteiger partial charge in [0.15, 0.2) is 5.65 Å². The largest absolute Gasteiger partial charge is 0.355 e. The van der Waals surface area contributed by atoms with Crippen LogP contribution in [0.25, 0.3) is 5.65 Å². The number of hydrogen-bond acceptors (Lipinski definition) is 9. The fourth-order valence-electron chi connectivity index (χ4n) is 3.78. The number of nitrogens with one attached hydrogen (secondary N) is 1. The SMILES string of the molecule is Cc1cc(Nc2cc(N3CC[C@H](N)C3)nc3c(C4C=NN(C)C4)cnn23)sn1. The van der Waals surface area contributed by atoms with Gasteiger partial charge >= 0.3 is 0 Å². The Hall–Kier alpha value is -2.72. The van der Waals surface area contributed by atoms with E-state index in [-0.39, 0.29) is 12.0 Å². The van der Waals surface area contributed by atoms with E-state index in [1.807, 2.05) is 48.0 Å². The van der Waals surface area contributed by atoms with Gasteiger partial charge in [-0.05, 0) is 30.9 Å². The minimum Gasteiger partial charge on any atom is -0.355 e. The molecule has 0 spiro atoms. The molecule has 3 aromatic heterocycles. The lowest BCUT2D eigenvalue weighted by Crippen LogP contribution is -2.27. The summed E-state index contributed by atoms with van der Waals surface area (Å²) < 4.78 is 6.23. The van der Waals surface area contributed by atoms with Gasteiger partial charge in [0.1, 0.15) is 16.6 Å². The second kappa shape index (κ2) is 6.71. The zero-order valence-electron chi connectivity index (χ0n) is 15.9. The topological polar surface area (TPSA) is 100.0 Å². The fraction of sp³-hybridized carbons (Fsp3) is 0.444. The molecule has 3 aromatic rings. The van der Waals surface area contributed by atoms with Crippen molar-refractivity contribution in [3.63, 3.8) is 0 Å². The summed E-state index contributed by atoms with van der Waals surface area (Å²) in [6.07, 6.45) is 4.85. The Kier molecular flexibility index (Phi) is 4.17. The Labute approximate surface area is 167 Å². The maximum Gasteiger partial charge on any atom is 0.163 e. The first-order valence-electron chi connectivity index (χ1n) is 9.41. The number of aryl methyl sites for hydroxylation is 1. The van der Waals surface area contributed by atoms with Crippen LogP contribution in [0.2, 0.25) is 0 Å². The average Bonchev–Trinajstić information content (AvgIpc) is 3.43.